The Labute approximate surface area is 269 Å². The number of rotatable bonds is 16. The SMILES string of the molecule is CC(=O)OCCCCCCS(=O)(=O)c1cc2cc3c(O)c4ccccc4c(O)c3cc2cc1S(=O)(=O)CCCCCCOC(C)=O. The van der Waals surface area contributed by atoms with Crippen molar-refractivity contribution in [3.63, 3.8) is 0 Å². The van der Waals surface area contributed by atoms with Gasteiger partial charge in [-0.05, 0) is 60.7 Å². The molecule has 0 bridgehead atoms. The molecule has 12 heteroatoms. The van der Waals surface area contributed by atoms with E-state index < -0.39 is 19.7 Å². The Balaban J connectivity index is 1.68. The third-order valence-corrected chi connectivity index (χ3v) is 11.7. The summed E-state index contributed by atoms with van der Waals surface area (Å²) in [5, 5.41) is 24.4. The maximum Gasteiger partial charge on any atom is 0.302 e. The van der Waals surface area contributed by atoms with E-state index in [0.717, 1.165) is 0 Å². The Kier molecular flexibility index (Phi) is 11.5. The largest absolute Gasteiger partial charge is 0.507 e. The molecule has 0 saturated heterocycles. The summed E-state index contributed by atoms with van der Waals surface area (Å²) in [4.78, 5) is 21.3. The average Bonchev–Trinajstić information content (AvgIpc) is 3.01. The molecule has 0 atom stereocenters. The number of hydrogen-bond acceptors (Lipinski definition) is 10. The van der Waals surface area contributed by atoms with Crippen molar-refractivity contribution < 1.29 is 46.1 Å². The van der Waals surface area contributed by atoms with Gasteiger partial charge in [-0.2, -0.15) is 0 Å². The lowest BCUT2D eigenvalue weighted by Gasteiger charge is -2.15. The van der Waals surface area contributed by atoms with Crippen LogP contribution in [0, 0.1) is 0 Å². The Hall–Kier alpha value is -3.90. The first-order chi connectivity index (χ1) is 21.8. The Morgan fingerprint density at radius 2 is 0.935 bits per heavy atom. The predicted molar refractivity (Wildman–Crippen MR) is 177 cm³/mol. The van der Waals surface area contributed by atoms with Crippen molar-refractivity contribution in [2.24, 2.45) is 0 Å². The van der Waals surface area contributed by atoms with E-state index in [2.05, 4.69) is 0 Å². The van der Waals surface area contributed by atoms with E-state index in [9.17, 15) is 36.6 Å². The van der Waals surface area contributed by atoms with Crippen molar-refractivity contribution in [2.45, 2.75) is 75.0 Å². The summed E-state index contributed by atoms with van der Waals surface area (Å²) in [7, 11) is -8.11. The van der Waals surface area contributed by atoms with Crippen LogP contribution in [0.5, 0.6) is 11.5 Å². The highest BCUT2D eigenvalue weighted by molar-refractivity contribution is 7.94. The molecule has 248 valence electrons. The van der Waals surface area contributed by atoms with Crippen molar-refractivity contribution in [1.29, 1.82) is 0 Å². The van der Waals surface area contributed by atoms with Crippen LogP contribution in [0.25, 0.3) is 32.3 Å². The van der Waals surface area contributed by atoms with Gasteiger partial charge < -0.3 is 19.7 Å². The second-order valence-electron chi connectivity index (χ2n) is 11.4. The molecule has 4 aromatic carbocycles. The van der Waals surface area contributed by atoms with Gasteiger partial charge in [0.1, 0.15) is 11.5 Å². The highest BCUT2D eigenvalue weighted by Crippen LogP contribution is 2.43. The number of carbonyl (C=O) groups excluding carboxylic acids is 2. The van der Waals surface area contributed by atoms with Gasteiger partial charge in [-0.3, -0.25) is 9.59 Å². The van der Waals surface area contributed by atoms with Gasteiger partial charge >= 0.3 is 11.9 Å². The predicted octanol–water partition coefficient (Wildman–Crippen LogP) is 6.35. The number of aromatic hydroxyl groups is 2. The smallest absolute Gasteiger partial charge is 0.302 e. The summed E-state index contributed by atoms with van der Waals surface area (Å²) in [6, 6.07) is 12.6. The number of hydrogen-bond donors (Lipinski definition) is 2. The lowest BCUT2D eigenvalue weighted by molar-refractivity contribution is -0.142. The monoisotopic (exact) mass is 672 g/mol. The van der Waals surface area contributed by atoms with Crippen LogP contribution in [-0.4, -0.2) is 63.7 Å². The number of sulfone groups is 2. The summed E-state index contributed by atoms with van der Waals surface area (Å²) in [6.45, 7) is 3.15. The second kappa shape index (κ2) is 15.1. The number of unbranched alkanes of at least 4 members (excludes halogenated alkanes) is 6. The van der Waals surface area contributed by atoms with E-state index in [4.69, 9.17) is 9.47 Å². The van der Waals surface area contributed by atoms with Crippen molar-refractivity contribution in [3.8, 4) is 11.5 Å². The third-order valence-electron chi connectivity index (χ3n) is 7.88. The maximum absolute atomic E-state index is 13.7. The van der Waals surface area contributed by atoms with Crippen LogP contribution in [0.4, 0.5) is 0 Å². The zero-order valence-corrected chi connectivity index (χ0v) is 27.7. The van der Waals surface area contributed by atoms with Crippen LogP contribution in [0.15, 0.2) is 58.3 Å². The lowest BCUT2D eigenvalue weighted by Crippen LogP contribution is -2.15. The number of esters is 2. The topological polar surface area (TPSA) is 161 Å². The quantitative estimate of drug-likeness (QED) is 0.0594. The average molecular weight is 673 g/mol. The summed E-state index contributed by atoms with van der Waals surface area (Å²) in [6.07, 6.45) is 4.16. The fourth-order valence-electron chi connectivity index (χ4n) is 5.52. The van der Waals surface area contributed by atoms with Crippen LogP contribution in [-0.2, 0) is 38.7 Å². The lowest BCUT2D eigenvalue weighted by atomic mass is 9.97. The molecule has 10 nitrogen and oxygen atoms in total. The molecule has 0 aliphatic carbocycles. The Morgan fingerprint density at radius 1 is 0.565 bits per heavy atom. The van der Waals surface area contributed by atoms with Gasteiger partial charge in [-0.25, -0.2) is 16.8 Å². The maximum atomic E-state index is 13.7. The van der Waals surface area contributed by atoms with Gasteiger partial charge in [-0.15, -0.1) is 0 Å². The molecule has 0 saturated carbocycles. The zero-order valence-electron chi connectivity index (χ0n) is 26.1. The van der Waals surface area contributed by atoms with Crippen LogP contribution in [0.3, 0.4) is 0 Å². The molecule has 0 unspecified atom stereocenters. The Bertz CT molecular complexity index is 1820. The summed E-state index contributed by atoms with van der Waals surface area (Å²) in [5.41, 5.74) is 0. The van der Waals surface area contributed by atoms with Crippen molar-refractivity contribution >= 4 is 63.9 Å². The summed E-state index contributed by atoms with van der Waals surface area (Å²) in [5.74, 6) is -1.44. The Morgan fingerprint density at radius 3 is 1.30 bits per heavy atom. The molecule has 4 rings (SSSR count). The van der Waals surface area contributed by atoms with Crippen LogP contribution in [0.2, 0.25) is 0 Å². The molecule has 2 N–H and O–H groups in total. The van der Waals surface area contributed by atoms with Crippen molar-refractivity contribution in [2.75, 3.05) is 24.7 Å². The van der Waals surface area contributed by atoms with Crippen molar-refractivity contribution in [3.05, 3.63) is 48.5 Å². The highest BCUT2D eigenvalue weighted by Gasteiger charge is 2.28. The van der Waals surface area contributed by atoms with Gasteiger partial charge in [0, 0.05) is 35.4 Å². The normalized spacial score (nSPS) is 12.1. The number of phenolic OH excluding ortho intramolecular Hbond substituents is 2. The molecule has 0 aliphatic heterocycles. The van der Waals surface area contributed by atoms with Crippen molar-refractivity contribution in [1.82, 2.24) is 0 Å². The first-order valence-electron chi connectivity index (χ1n) is 15.4. The van der Waals surface area contributed by atoms with E-state index in [1.165, 1.54) is 26.0 Å². The van der Waals surface area contributed by atoms with Gasteiger partial charge in [0.2, 0.25) is 0 Å². The number of phenols is 2. The van der Waals surface area contributed by atoms with Gasteiger partial charge in [-0.1, -0.05) is 49.9 Å². The second-order valence-corrected chi connectivity index (χ2v) is 15.6. The summed E-state index contributed by atoms with van der Waals surface area (Å²) < 4.78 is 64.7. The third kappa shape index (κ3) is 8.47. The van der Waals surface area contributed by atoms with Crippen LogP contribution >= 0.6 is 0 Å². The minimum atomic E-state index is -4.05. The molecule has 4 aromatic rings. The number of carbonyl (C=O) groups is 2. The first kappa shape index (κ1) is 35.0. The molecule has 0 amide bonds. The standard InChI is InChI=1S/C34H40O10S2/c1-23(35)43-15-9-3-5-11-17-45(39,40)31-21-25-19-29-30(34(38)28-14-8-7-13-27(28)33(29)37)20-26(25)22-32(31)46(41,42)18-12-6-4-10-16-44-24(2)36/h7-8,13-14,19-22,37-38H,3-6,9-12,15-18H2,1-2H3. The molecule has 0 spiro atoms. The minimum absolute atomic E-state index is 0.0751. The van der Waals surface area contributed by atoms with E-state index >= 15 is 0 Å². The van der Waals surface area contributed by atoms with Gasteiger partial charge in [0.25, 0.3) is 0 Å². The zero-order chi connectivity index (χ0) is 33.5. The highest BCUT2D eigenvalue weighted by atomic mass is 32.2. The number of fused-ring (bicyclic) bond motifs is 3. The molecule has 0 fully saturated rings. The van der Waals surface area contributed by atoms with Gasteiger partial charge in [0.15, 0.2) is 19.7 Å². The molecule has 0 aromatic heterocycles. The fourth-order valence-corrected chi connectivity index (χ4v) is 9.23. The van der Waals surface area contributed by atoms with E-state index in [1.54, 1.807) is 36.4 Å². The first-order valence-corrected chi connectivity index (χ1v) is 18.7. The number of benzene rings is 4. The van der Waals surface area contributed by atoms with E-state index in [-0.39, 0.29) is 57.9 Å². The molecule has 46 heavy (non-hydrogen) atoms. The molecular weight excluding hydrogens is 632 g/mol. The van der Waals surface area contributed by atoms with Gasteiger partial charge in [0.05, 0.1) is 34.5 Å². The fraction of sp³-hybridized carbons (Fsp3) is 0.412. The van der Waals surface area contributed by atoms with E-state index in [0.29, 0.717) is 83.7 Å². The molecule has 0 radical (unpaired) electrons. The number of ether oxygens (including phenoxy) is 2. The molecule has 0 aliphatic rings. The van der Waals surface area contributed by atoms with E-state index in [1.807, 2.05) is 0 Å². The van der Waals surface area contributed by atoms with Crippen LogP contribution < -0.4 is 0 Å². The molecular formula is C34H40O10S2. The molecule has 0 heterocycles. The summed E-state index contributed by atoms with van der Waals surface area (Å²) >= 11 is 0. The minimum Gasteiger partial charge on any atom is -0.507 e. The van der Waals surface area contributed by atoms with Crippen LogP contribution in [0.1, 0.15) is 65.2 Å².